The van der Waals surface area contributed by atoms with Gasteiger partial charge in [0.1, 0.15) is 5.65 Å². The summed E-state index contributed by atoms with van der Waals surface area (Å²) in [7, 11) is 3.65. The Bertz CT molecular complexity index is 1240. The van der Waals surface area contributed by atoms with E-state index in [4.69, 9.17) is 0 Å². The molecule has 0 unspecified atom stereocenters. The molecule has 0 bridgehead atoms. The summed E-state index contributed by atoms with van der Waals surface area (Å²) in [5.41, 5.74) is 4.61. The van der Waals surface area contributed by atoms with Crippen LogP contribution in [0.25, 0.3) is 33.2 Å². The molecule has 31 heavy (non-hydrogen) atoms. The number of amides is 1. The van der Waals surface area contributed by atoms with Gasteiger partial charge in [-0.2, -0.15) is 4.98 Å². The maximum atomic E-state index is 12.2. The molecule has 158 valence electrons. The molecule has 1 aromatic carbocycles. The number of fused-ring (bicyclic) bond motifs is 2. The second-order valence-corrected chi connectivity index (χ2v) is 8.34. The van der Waals surface area contributed by atoms with E-state index in [1.165, 1.54) is 0 Å². The van der Waals surface area contributed by atoms with Crippen LogP contribution < -0.4 is 5.32 Å². The van der Waals surface area contributed by atoms with Gasteiger partial charge in [-0.1, -0.05) is 6.07 Å². The number of rotatable bonds is 4. The van der Waals surface area contributed by atoms with Crippen molar-refractivity contribution in [1.29, 1.82) is 0 Å². The topological polar surface area (TPSA) is 99.7 Å². The first-order valence-electron chi connectivity index (χ1n) is 10.6. The largest absolute Gasteiger partial charge is 0.351 e. The number of benzene rings is 1. The van der Waals surface area contributed by atoms with Gasteiger partial charge in [0.15, 0.2) is 0 Å². The molecule has 0 radical (unpaired) electrons. The Morgan fingerprint density at radius 1 is 1.06 bits per heavy atom. The predicted octanol–water partition coefficient (Wildman–Crippen LogP) is 3.63. The van der Waals surface area contributed by atoms with Gasteiger partial charge in [-0.15, -0.1) is 0 Å². The van der Waals surface area contributed by atoms with Gasteiger partial charge in [0, 0.05) is 61.8 Å². The number of nitrogens with zero attached hydrogens (tertiary/aromatic N) is 5. The van der Waals surface area contributed by atoms with Crippen molar-refractivity contribution < 1.29 is 4.79 Å². The van der Waals surface area contributed by atoms with Crippen molar-refractivity contribution in [2.24, 2.45) is 5.92 Å². The highest BCUT2D eigenvalue weighted by atomic mass is 16.2. The highest BCUT2D eigenvalue weighted by Gasteiger charge is 2.27. The molecule has 1 saturated carbocycles. The van der Waals surface area contributed by atoms with E-state index in [9.17, 15) is 4.79 Å². The molecule has 5 rings (SSSR count). The first-order chi connectivity index (χ1) is 15.1. The Balaban J connectivity index is 1.32. The number of hydrogen-bond donors (Lipinski definition) is 2. The number of hydrogen-bond acceptors (Lipinski definition) is 6. The molecule has 2 N–H and O–H groups in total. The Kier molecular flexibility index (Phi) is 4.97. The van der Waals surface area contributed by atoms with E-state index in [0.29, 0.717) is 5.95 Å². The van der Waals surface area contributed by atoms with Gasteiger partial charge in [-0.05, 0) is 43.4 Å². The van der Waals surface area contributed by atoms with Crippen molar-refractivity contribution in [2.45, 2.75) is 31.7 Å². The summed E-state index contributed by atoms with van der Waals surface area (Å²) < 4.78 is 0. The summed E-state index contributed by atoms with van der Waals surface area (Å²) in [5.74, 6) is 0.983. The summed E-state index contributed by atoms with van der Waals surface area (Å²) in [5, 5.41) is 4.42. The fourth-order valence-corrected chi connectivity index (χ4v) is 4.38. The fourth-order valence-electron chi connectivity index (χ4n) is 4.38. The molecule has 3 aromatic heterocycles. The van der Waals surface area contributed by atoms with E-state index in [1.807, 2.05) is 44.7 Å². The molecule has 0 atom stereocenters. The number of anilines is 1. The van der Waals surface area contributed by atoms with E-state index in [2.05, 4.69) is 30.2 Å². The molecule has 3 heterocycles. The first-order valence-corrected chi connectivity index (χ1v) is 10.6. The van der Waals surface area contributed by atoms with Crippen molar-refractivity contribution >= 4 is 33.9 Å². The van der Waals surface area contributed by atoms with E-state index < -0.39 is 0 Å². The molecule has 0 aliphatic heterocycles. The van der Waals surface area contributed by atoms with Crippen LogP contribution >= 0.6 is 0 Å². The predicted molar refractivity (Wildman–Crippen MR) is 120 cm³/mol. The van der Waals surface area contributed by atoms with Gasteiger partial charge < -0.3 is 15.2 Å². The number of H-pyrrole nitrogens is 1. The van der Waals surface area contributed by atoms with Crippen LogP contribution in [0.4, 0.5) is 5.95 Å². The molecule has 0 saturated heterocycles. The standard InChI is InChI=1S/C23H25N7O/c1-30(2)22(31)14-3-6-16(7-4-14)28-23-27-13-18-17(12-26-21(18)29-23)15-5-8-19-20(11-15)25-10-9-24-19/h5,8-14,16H,3-4,6-7H2,1-2H3,(H2,26,27,28,29)/t14-,16+. The number of aromatic amines is 1. The quantitative estimate of drug-likeness (QED) is 0.528. The highest BCUT2D eigenvalue weighted by Crippen LogP contribution is 2.30. The average molecular weight is 416 g/mol. The van der Waals surface area contributed by atoms with Gasteiger partial charge >= 0.3 is 0 Å². The van der Waals surface area contributed by atoms with Crippen LogP contribution in [0.5, 0.6) is 0 Å². The van der Waals surface area contributed by atoms with E-state index >= 15 is 0 Å². The molecule has 1 aliphatic carbocycles. The molecule has 0 spiro atoms. The Morgan fingerprint density at radius 3 is 2.61 bits per heavy atom. The SMILES string of the molecule is CN(C)C(=O)[C@H]1CC[C@@H](Nc2ncc3c(-c4ccc5nccnc5c4)c[nH]c3n2)CC1. The Morgan fingerprint density at radius 2 is 1.84 bits per heavy atom. The van der Waals surface area contributed by atoms with Crippen LogP contribution in [0.15, 0.2) is 43.0 Å². The molecular weight excluding hydrogens is 390 g/mol. The molecule has 1 amide bonds. The normalized spacial score (nSPS) is 18.9. The lowest BCUT2D eigenvalue weighted by atomic mass is 9.85. The minimum atomic E-state index is 0.133. The molecule has 8 nitrogen and oxygen atoms in total. The lowest BCUT2D eigenvalue weighted by Gasteiger charge is -2.29. The van der Waals surface area contributed by atoms with Crippen LogP contribution in [0, 0.1) is 5.92 Å². The first kappa shape index (κ1) is 19.4. The number of aromatic nitrogens is 5. The van der Waals surface area contributed by atoms with Gasteiger partial charge in [-0.3, -0.25) is 14.8 Å². The van der Waals surface area contributed by atoms with Crippen LogP contribution in [0.2, 0.25) is 0 Å². The molecule has 1 fully saturated rings. The van der Waals surface area contributed by atoms with Crippen molar-refractivity contribution in [3.63, 3.8) is 0 Å². The maximum Gasteiger partial charge on any atom is 0.225 e. The van der Waals surface area contributed by atoms with E-state index in [1.54, 1.807) is 17.3 Å². The zero-order valence-corrected chi connectivity index (χ0v) is 17.7. The second-order valence-electron chi connectivity index (χ2n) is 8.34. The third-order valence-electron chi connectivity index (χ3n) is 6.06. The lowest BCUT2D eigenvalue weighted by molar-refractivity contribution is -0.133. The zero-order chi connectivity index (χ0) is 21.4. The van der Waals surface area contributed by atoms with Crippen molar-refractivity contribution in [2.75, 3.05) is 19.4 Å². The number of carbonyl (C=O) groups is 1. The minimum absolute atomic E-state index is 0.133. The van der Waals surface area contributed by atoms with Gasteiger partial charge in [-0.25, -0.2) is 4.98 Å². The Labute approximate surface area is 180 Å². The zero-order valence-electron chi connectivity index (χ0n) is 17.7. The van der Waals surface area contributed by atoms with E-state index in [0.717, 1.165) is 58.9 Å². The number of nitrogens with one attached hydrogen (secondary N) is 2. The molecule has 4 aromatic rings. The summed E-state index contributed by atoms with van der Waals surface area (Å²) in [4.78, 5) is 35.1. The van der Waals surface area contributed by atoms with E-state index in [-0.39, 0.29) is 17.9 Å². The third kappa shape index (κ3) is 3.81. The van der Waals surface area contributed by atoms with Crippen LogP contribution in [0.3, 0.4) is 0 Å². The minimum Gasteiger partial charge on any atom is -0.351 e. The number of carbonyl (C=O) groups excluding carboxylic acids is 1. The summed E-state index contributed by atoms with van der Waals surface area (Å²) in [6, 6.07) is 6.34. The molecule has 8 heteroatoms. The van der Waals surface area contributed by atoms with Crippen LogP contribution in [0.1, 0.15) is 25.7 Å². The Hall–Kier alpha value is -3.55. The van der Waals surface area contributed by atoms with Crippen LogP contribution in [-0.2, 0) is 4.79 Å². The molecule has 1 aliphatic rings. The van der Waals surface area contributed by atoms with Gasteiger partial charge in [0.05, 0.1) is 11.0 Å². The fraction of sp³-hybridized carbons (Fsp3) is 0.348. The van der Waals surface area contributed by atoms with Crippen molar-refractivity contribution in [3.05, 3.63) is 43.0 Å². The summed E-state index contributed by atoms with van der Waals surface area (Å²) >= 11 is 0. The van der Waals surface area contributed by atoms with Gasteiger partial charge in [0.2, 0.25) is 11.9 Å². The van der Waals surface area contributed by atoms with Gasteiger partial charge in [0.25, 0.3) is 0 Å². The van der Waals surface area contributed by atoms with Crippen molar-refractivity contribution in [1.82, 2.24) is 29.8 Å². The smallest absolute Gasteiger partial charge is 0.225 e. The maximum absolute atomic E-state index is 12.2. The third-order valence-corrected chi connectivity index (χ3v) is 6.06. The van der Waals surface area contributed by atoms with Crippen molar-refractivity contribution in [3.8, 4) is 11.1 Å². The second kappa shape index (κ2) is 7.94. The highest BCUT2D eigenvalue weighted by molar-refractivity contribution is 5.95. The summed E-state index contributed by atoms with van der Waals surface area (Å²) in [6.07, 6.45) is 10.9. The lowest BCUT2D eigenvalue weighted by Crippen LogP contribution is -2.35. The summed E-state index contributed by atoms with van der Waals surface area (Å²) in [6.45, 7) is 0. The molecular formula is C23H25N7O. The average Bonchev–Trinajstić information content (AvgIpc) is 3.22. The van der Waals surface area contributed by atoms with Crippen LogP contribution in [-0.4, -0.2) is 55.9 Å². The monoisotopic (exact) mass is 415 g/mol.